The summed E-state index contributed by atoms with van der Waals surface area (Å²) < 4.78 is 32.6. The molecule has 0 radical (unpaired) electrons. The first-order chi connectivity index (χ1) is 4.77. The van der Waals surface area contributed by atoms with Gasteiger partial charge in [0.15, 0.2) is 19.1 Å². The predicted octanol–water partition coefficient (Wildman–Crippen LogP) is 1.71. The Morgan fingerprint density at radius 2 is 2.10 bits per heavy atom. The fourth-order valence-electron chi connectivity index (χ4n) is 0.557. The van der Waals surface area contributed by atoms with Crippen LogP contribution < -0.4 is 0 Å². The highest BCUT2D eigenvalue weighted by Gasteiger charge is 2.25. The molecule has 58 valence electrons. The van der Waals surface area contributed by atoms with Crippen LogP contribution in [0.15, 0.2) is 11.0 Å². The zero-order chi connectivity index (χ0) is 7.56. The lowest BCUT2D eigenvalue weighted by Crippen LogP contribution is -2.10. The van der Waals surface area contributed by atoms with E-state index >= 15 is 0 Å². The first-order valence-electron chi connectivity index (χ1n) is 2.61. The second kappa shape index (κ2) is 3.05. The van der Waals surface area contributed by atoms with Crippen LogP contribution in [0, 0.1) is 0 Å². The van der Waals surface area contributed by atoms with Crippen LogP contribution in [-0.4, -0.2) is 19.6 Å². The normalized spacial score (nSPS) is 24.5. The van der Waals surface area contributed by atoms with Gasteiger partial charge in [0.25, 0.3) is 6.29 Å². The molecular weight excluding hydrogens is 166 g/mol. The van der Waals surface area contributed by atoms with E-state index < -0.39 is 19.6 Å². The van der Waals surface area contributed by atoms with Crippen molar-refractivity contribution in [1.29, 1.82) is 0 Å². The first kappa shape index (κ1) is 7.60. The van der Waals surface area contributed by atoms with Crippen molar-refractivity contribution in [2.45, 2.75) is 6.29 Å². The van der Waals surface area contributed by atoms with Gasteiger partial charge in [-0.05, 0) is 11.6 Å². The molecule has 0 fully saturated rings. The Morgan fingerprint density at radius 1 is 1.40 bits per heavy atom. The highest BCUT2D eigenvalue weighted by Crippen LogP contribution is 2.25. The third-order valence-corrected chi connectivity index (χ3v) is 1.28. The molecule has 0 amide bonds. The zero-order valence-corrected chi connectivity index (χ0v) is 5.70. The summed E-state index contributed by atoms with van der Waals surface area (Å²) in [5, 5.41) is -0.190. The minimum absolute atomic E-state index is 0.135. The molecule has 2 nitrogen and oxygen atoms in total. The molecule has 0 aromatic carbocycles. The topological polar surface area (TPSA) is 18.5 Å². The monoisotopic (exact) mass is 170 g/mol. The molecular formula is C5H5ClF2O2. The van der Waals surface area contributed by atoms with Crippen LogP contribution in [0.5, 0.6) is 0 Å². The van der Waals surface area contributed by atoms with Gasteiger partial charge >= 0.3 is 0 Å². The number of ether oxygens (including phenoxy) is 2. The van der Waals surface area contributed by atoms with E-state index in [0.717, 1.165) is 0 Å². The van der Waals surface area contributed by atoms with Crippen molar-refractivity contribution in [3.05, 3.63) is 11.0 Å². The third kappa shape index (κ3) is 1.31. The highest BCUT2D eigenvalue weighted by atomic mass is 35.5. The molecule has 5 heteroatoms. The van der Waals surface area contributed by atoms with Crippen LogP contribution in [0.4, 0.5) is 8.78 Å². The fraction of sp³-hybridized carbons (Fsp3) is 0.600. The maximum Gasteiger partial charge on any atom is 0.270 e. The second-order valence-electron chi connectivity index (χ2n) is 1.65. The van der Waals surface area contributed by atoms with Gasteiger partial charge < -0.3 is 9.47 Å². The molecule has 1 aliphatic heterocycles. The van der Waals surface area contributed by atoms with Crippen molar-refractivity contribution in [2.24, 2.45) is 0 Å². The van der Waals surface area contributed by atoms with E-state index in [2.05, 4.69) is 9.47 Å². The average Bonchev–Trinajstić information content (AvgIpc) is 2.30. The number of allylic oxidation sites excluding steroid dienone is 1. The summed E-state index contributed by atoms with van der Waals surface area (Å²) in [6.45, 7) is -1.70. The maximum absolute atomic E-state index is 11.8. The van der Waals surface area contributed by atoms with Crippen LogP contribution in [0.3, 0.4) is 0 Å². The summed E-state index contributed by atoms with van der Waals surface area (Å²) in [7, 11) is 0. The lowest BCUT2D eigenvalue weighted by Gasteiger charge is -2.04. The largest absolute Gasteiger partial charge is 0.449 e. The third-order valence-electron chi connectivity index (χ3n) is 0.975. The molecule has 0 N–H and O–H groups in total. The highest BCUT2D eigenvalue weighted by molar-refractivity contribution is 6.28. The molecule has 0 spiro atoms. The summed E-state index contributed by atoms with van der Waals surface area (Å²) in [6.07, 6.45) is -1.06. The Labute approximate surface area is 61.4 Å². The molecule has 10 heavy (non-hydrogen) atoms. The van der Waals surface area contributed by atoms with Gasteiger partial charge in [-0.15, -0.1) is 0 Å². The average molecular weight is 171 g/mol. The van der Waals surface area contributed by atoms with Gasteiger partial charge in [0.1, 0.15) is 0 Å². The van der Waals surface area contributed by atoms with Crippen molar-refractivity contribution >= 4 is 11.6 Å². The Bertz CT molecular complexity index is 160. The second-order valence-corrected chi connectivity index (χ2v) is 1.99. The number of alkyl halides is 2. The number of hydrogen-bond donors (Lipinski definition) is 0. The fourth-order valence-corrected chi connectivity index (χ4v) is 0.752. The van der Waals surface area contributed by atoms with Gasteiger partial charge in [0.05, 0.1) is 0 Å². The molecule has 1 unspecified atom stereocenters. The Morgan fingerprint density at radius 3 is 2.40 bits per heavy atom. The lowest BCUT2D eigenvalue weighted by molar-refractivity contribution is -0.0513. The van der Waals surface area contributed by atoms with Crippen LogP contribution in [-0.2, 0) is 9.47 Å². The lowest BCUT2D eigenvalue weighted by atomic mass is 10.6. The van der Waals surface area contributed by atoms with Crippen LogP contribution in [0.25, 0.3) is 0 Å². The van der Waals surface area contributed by atoms with Crippen LogP contribution in [0.2, 0.25) is 0 Å². The van der Waals surface area contributed by atoms with Crippen molar-refractivity contribution < 1.29 is 18.3 Å². The molecule has 0 saturated heterocycles. The summed E-state index contributed by atoms with van der Waals surface area (Å²) >= 11 is 5.28. The Kier molecular flexibility index (Phi) is 2.32. The van der Waals surface area contributed by atoms with E-state index in [1.807, 2.05) is 0 Å². The van der Waals surface area contributed by atoms with Crippen molar-refractivity contribution in [3.63, 3.8) is 0 Å². The molecule has 0 aromatic rings. The van der Waals surface area contributed by atoms with E-state index in [-0.39, 0.29) is 11.0 Å². The minimum Gasteiger partial charge on any atom is -0.449 e. The number of rotatable bonds is 2. The molecule has 0 saturated carbocycles. The molecule has 0 bridgehead atoms. The molecule has 0 aromatic heterocycles. The Hall–Kier alpha value is -0.510. The van der Waals surface area contributed by atoms with Gasteiger partial charge in [0.2, 0.25) is 5.22 Å². The van der Waals surface area contributed by atoms with Gasteiger partial charge in [-0.1, -0.05) is 0 Å². The quantitative estimate of drug-likeness (QED) is 0.628. The van der Waals surface area contributed by atoms with Crippen LogP contribution >= 0.6 is 11.6 Å². The van der Waals surface area contributed by atoms with Crippen LogP contribution in [0.1, 0.15) is 0 Å². The summed E-state index contributed by atoms with van der Waals surface area (Å²) in [4.78, 5) is 0. The van der Waals surface area contributed by atoms with E-state index in [1.54, 1.807) is 0 Å². The molecule has 0 aliphatic carbocycles. The van der Waals surface area contributed by atoms with E-state index in [9.17, 15) is 8.78 Å². The molecule has 1 atom stereocenters. The standard InChI is InChI=1S/C5H5ClF2O2/c6-5-3(1-7)9-4(2-8)10-5/h4H,1-2H2. The molecule has 1 heterocycles. The first-order valence-corrected chi connectivity index (χ1v) is 2.99. The SMILES string of the molecule is FCC1=C(Cl)OC(CF)O1. The summed E-state index contributed by atoms with van der Waals surface area (Å²) in [5.74, 6) is -0.135. The van der Waals surface area contributed by atoms with Crippen molar-refractivity contribution in [1.82, 2.24) is 0 Å². The van der Waals surface area contributed by atoms with Gasteiger partial charge in [-0.25, -0.2) is 8.78 Å². The predicted molar refractivity (Wildman–Crippen MR) is 30.8 cm³/mol. The summed E-state index contributed by atoms with van der Waals surface area (Å²) in [5.41, 5.74) is 0. The van der Waals surface area contributed by atoms with E-state index in [4.69, 9.17) is 11.6 Å². The number of hydrogen-bond acceptors (Lipinski definition) is 2. The smallest absolute Gasteiger partial charge is 0.270 e. The molecule has 1 aliphatic rings. The minimum atomic E-state index is -1.06. The van der Waals surface area contributed by atoms with Gasteiger partial charge in [-0.3, -0.25) is 0 Å². The van der Waals surface area contributed by atoms with Crippen molar-refractivity contribution in [2.75, 3.05) is 13.3 Å². The van der Waals surface area contributed by atoms with Gasteiger partial charge in [-0.2, -0.15) is 0 Å². The maximum atomic E-state index is 11.8. The van der Waals surface area contributed by atoms with E-state index in [0.29, 0.717) is 0 Å². The molecule has 1 rings (SSSR count). The number of halogens is 3. The van der Waals surface area contributed by atoms with Crippen molar-refractivity contribution in [3.8, 4) is 0 Å². The Balaban J connectivity index is 2.50. The summed E-state index contributed by atoms with van der Waals surface area (Å²) in [6, 6.07) is 0. The van der Waals surface area contributed by atoms with Gasteiger partial charge in [0, 0.05) is 0 Å². The zero-order valence-electron chi connectivity index (χ0n) is 4.94. The van der Waals surface area contributed by atoms with E-state index in [1.165, 1.54) is 0 Å².